The van der Waals surface area contributed by atoms with Crippen LogP contribution in [0.1, 0.15) is 226 Å². The number of allylic oxidation sites excluding steroid dienone is 1. The van der Waals surface area contributed by atoms with Crippen molar-refractivity contribution in [3.8, 4) is 0 Å². The maximum Gasteiger partial charge on any atom is 0.472 e. The Balaban J connectivity index is 4.11. The number of carbonyl (C=O) groups excluding carboxylic acids is 1. The zero-order valence-corrected chi connectivity index (χ0v) is 38.1. The van der Waals surface area contributed by atoms with Gasteiger partial charge in [0.2, 0.25) is 5.91 Å². The van der Waals surface area contributed by atoms with E-state index in [2.05, 4.69) is 19.2 Å². The number of nitrogens with zero attached hydrogens (tertiary/aromatic N) is 1. The van der Waals surface area contributed by atoms with E-state index >= 15 is 0 Å². The molecule has 0 radical (unpaired) electrons. The summed E-state index contributed by atoms with van der Waals surface area (Å²) in [6.45, 7) is 4.80. The van der Waals surface area contributed by atoms with Crippen LogP contribution >= 0.6 is 7.82 Å². The van der Waals surface area contributed by atoms with Gasteiger partial charge in [0.1, 0.15) is 13.2 Å². The minimum atomic E-state index is -4.33. The molecule has 0 saturated heterocycles. The Bertz CT molecular complexity index is 911. The molecule has 0 spiro atoms. The third-order valence-electron chi connectivity index (χ3n) is 10.8. The average Bonchev–Trinajstić information content (AvgIpc) is 3.13. The molecule has 1 amide bonds. The second kappa shape index (κ2) is 38.7. The Kier molecular flexibility index (Phi) is 38.2. The maximum absolute atomic E-state index is 12.8. The molecular weight excluding hydrogens is 707 g/mol. The highest BCUT2D eigenvalue weighted by Crippen LogP contribution is 2.43. The number of amides is 1. The third kappa shape index (κ3) is 41.2. The van der Waals surface area contributed by atoms with Crippen LogP contribution in [0.2, 0.25) is 0 Å². The van der Waals surface area contributed by atoms with E-state index in [1.54, 1.807) is 6.08 Å². The van der Waals surface area contributed by atoms with Crippen molar-refractivity contribution in [1.29, 1.82) is 0 Å². The number of quaternary nitrogens is 1. The molecule has 3 unspecified atom stereocenters. The van der Waals surface area contributed by atoms with Crippen LogP contribution in [0.15, 0.2) is 12.2 Å². The lowest BCUT2D eigenvalue weighted by molar-refractivity contribution is -0.870. The van der Waals surface area contributed by atoms with Gasteiger partial charge in [0.25, 0.3) is 0 Å². The molecule has 328 valence electrons. The first-order chi connectivity index (χ1) is 26.5. The maximum atomic E-state index is 12.8. The van der Waals surface area contributed by atoms with E-state index in [0.29, 0.717) is 17.4 Å². The minimum Gasteiger partial charge on any atom is -0.387 e. The second-order valence-electron chi connectivity index (χ2n) is 17.5. The number of carbonyl (C=O) groups is 1. The second-order valence-corrected chi connectivity index (χ2v) is 18.9. The van der Waals surface area contributed by atoms with Crippen molar-refractivity contribution in [2.24, 2.45) is 0 Å². The Morgan fingerprint density at radius 2 is 0.964 bits per heavy atom. The molecule has 0 aliphatic carbocycles. The number of likely N-dealkylation sites (N-methyl/N-ethyl adjacent to an activating group) is 1. The van der Waals surface area contributed by atoms with E-state index in [9.17, 15) is 19.4 Å². The van der Waals surface area contributed by atoms with E-state index in [-0.39, 0.29) is 19.1 Å². The number of rotatable bonds is 43. The normalized spacial score (nSPS) is 14.4. The molecule has 3 N–H and O–H groups in total. The molecule has 0 aliphatic rings. The van der Waals surface area contributed by atoms with E-state index < -0.39 is 20.0 Å². The first-order valence-corrected chi connectivity index (χ1v) is 25.1. The van der Waals surface area contributed by atoms with Crippen LogP contribution in [-0.4, -0.2) is 73.4 Å². The van der Waals surface area contributed by atoms with Crippen LogP contribution < -0.4 is 5.32 Å². The molecule has 0 aromatic heterocycles. The number of phosphoric ester groups is 1. The third-order valence-corrected chi connectivity index (χ3v) is 11.7. The molecule has 0 bridgehead atoms. The highest BCUT2D eigenvalue weighted by Gasteiger charge is 2.27. The molecule has 3 atom stereocenters. The largest absolute Gasteiger partial charge is 0.472 e. The van der Waals surface area contributed by atoms with Gasteiger partial charge in [-0.3, -0.25) is 13.8 Å². The van der Waals surface area contributed by atoms with Gasteiger partial charge in [0.15, 0.2) is 0 Å². The van der Waals surface area contributed by atoms with E-state index in [4.69, 9.17) is 9.05 Å². The topological polar surface area (TPSA) is 105 Å². The summed E-state index contributed by atoms with van der Waals surface area (Å²) in [6.07, 6.45) is 44.4. The summed E-state index contributed by atoms with van der Waals surface area (Å²) in [5.74, 6) is -0.175. The molecule has 0 aromatic rings. The zero-order chi connectivity index (χ0) is 40.7. The van der Waals surface area contributed by atoms with Gasteiger partial charge < -0.3 is 19.8 Å². The minimum absolute atomic E-state index is 0.0643. The highest BCUT2D eigenvalue weighted by atomic mass is 31.2. The lowest BCUT2D eigenvalue weighted by Crippen LogP contribution is -2.45. The van der Waals surface area contributed by atoms with E-state index in [1.807, 2.05) is 27.2 Å². The van der Waals surface area contributed by atoms with Gasteiger partial charge in [-0.15, -0.1) is 0 Å². The summed E-state index contributed by atoms with van der Waals surface area (Å²) in [6, 6.07) is -0.838. The van der Waals surface area contributed by atoms with Gasteiger partial charge in [-0.2, -0.15) is 0 Å². The van der Waals surface area contributed by atoms with Crippen LogP contribution in [-0.2, 0) is 18.4 Å². The Morgan fingerprint density at radius 1 is 0.600 bits per heavy atom. The smallest absolute Gasteiger partial charge is 0.387 e. The number of phosphoric acid groups is 1. The van der Waals surface area contributed by atoms with Crippen LogP contribution in [0.25, 0.3) is 0 Å². The molecule has 0 aromatic carbocycles. The fourth-order valence-electron chi connectivity index (χ4n) is 6.98. The van der Waals surface area contributed by atoms with Gasteiger partial charge in [-0.25, -0.2) is 4.57 Å². The van der Waals surface area contributed by atoms with Crippen molar-refractivity contribution in [3.05, 3.63) is 12.2 Å². The lowest BCUT2D eigenvalue weighted by atomic mass is 10.0. The fourth-order valence-corrected chi connectivity index (χ4v) is 7.72. The van der Waals surface area contributed by atoms with Gasteiger partial charge in [0.05, 0.1) is 39.9 Å². The van der Waals surface area contributed by atoms with Gasteiger partial charge in [-0.05, 0) is 19.3 Å². The van der Waals surface area contributed by atoms with Crippen molar-refractivity contribution < 1.29 is 32.9 Å². The molecule has 8 nitrogen and oxygen atoms in total. The number of nitrogens with one attached hydrogen (secondary N) is 1. The molecular formula is C46H94N2O6P+. The number of hydrogen-bond donors (Lipinski definition) is 3. The van der Waals surface area contributed by atoms with E-state index in [1.165, 1.54) is 167 Å². The van der Waals surface area contributed by atoms with Crippen LogP contribution in [0, 0.1) is 0 Å². The van der Waals surface area contributed by atoms with Crippen LogP contribution in [0.3, 0.4) is 0 Å². The van der Waals surface area contributed by atoms with Crippen molar-refractivity contribution >= 4 is 13.7 Å². The standard InChI is InChI=1S/C46H93N2O6P/c1-6-8-10-12-14-16-17-18-19-20-21-22-23-24-25-26-27-28-29-30-32-34-36-38-40-46(50)47-44(43-54-55(51,52)53-42-41-48(3,4)5)45(49)39-37-35-33-31-15-13-11-9-7-2/h37,39,44-45,49H,6-36,38,40-43H2,1-5H3,(H-,47,50,51,52)/p+1/b39-37+. The SMILES string of the molecule is CCCCCCCCC/C=C/C(O)C(COP(=O)(O)OCC[N+](C)(C)C)NC(=O)CCCCCCCCCCCCCCCCCCCCCCCCCC. The Hall–Kier alpha value is -0.760. The summed E-state index contributed by atoms with van der Waals surface area (Å²) in [7, 11) is 1.58. The predicted molar refractivity (Wildman–Crippen MR) is 235 cm³/mol. The molecule has 0 heterocycles. The van der Waals surface area contributed by atoms with Crippen molar-refractivity contribution in [1.82, 2.24) is 5.32 Å². The lowest BCUT2D eigenvalue weighted by Gasteiger charge is -2.25. The fraction of sp³-hybridized carbons (Fsp3) is 0.935. The molecule has 55 heavy (non-hydrogen) atoms. The molecule has 0 fully saturated rings. The first-order valence-electron chi connectivity index (χ1n) is 23.6. The van der Waals surface area contributed by atoms with Gasteiger partial charge in [0, 0.05) is 6.42 Å². The zero-order valence-electron chi connectivity index (χ0n) is 37.2. The summed E-state index contributed by atoms with van der Waals surface area (Å²) >= 11 is 0. The summed E-state index contributed by atoms with van der Waals surface area (Å²) in [4.78, 5) is 23.1. The first kappa shape index (κ1) is 54.2. The molecule has 0 rings (SSSR count). The predicted octanol–water partition coefficient (Wildman–Crippen LogP) is 13.1. The monoisotopic (exact) mass is 802 g/mol. The number of aliphatic hydroxyl groups excluding tert-OH is 1. The van der Waals surface area contributed by atoms with Crippen molar-refractivity contribution in [2.75, 3.05) is 40.9 Å². The molecule has 0 saturated carbocycles. The highest BCUT2D eigenvalue weighted by molar-refractivity contribution is 7.47. The number of aliphatic hydroxyl groups is 1. The molecule has 9 heteroatoms. The van der Waals surface area contributed by atoms with Crippen LogP contribution in [0.5, 0.6) is 0 Å². The Morgan fingerprint density at radius 3 is 1.35 bits per heavy atom. The number of hydrogen-bond acceptors (Lipinski definition) is 5. The van der Waals surface area contributed by atoms with Gasteiger partial charge in [-0.1, -0.05) is 212 Å². The average molecular weight is 802 g/mol. The summed E-state index contributed by atoms with van der Waals surface area (Å²) in [5.41, 5.74) is 0. The summed E-state index contributed by atoms with van der Waals surface area (Å²) < 4.78 is 23.5. The number of unbranched alkanes of at least 4 members (excludes halogenated alkanes) is 30. The van der Waals surface area contributed by atoms with Crippen molar-refractivity contribution in [2.45, 2.75) is 238 Å². The summed E-state index contributed by atoms with van der Waals surface area (Å²) in [5, 5.41) is 13.8. The van der Waals surface area contributed by atoms with Crippen molar-refractivity contribution in [3.63, 3.8) is 0 Å². The van der Waals surface area contributed by atoms with E-state index in [0.717, 1.165) is 38.5 Å². The molecule has 0 aliphatic heterocycles. The van der Waals surface area contributed by atoms with Gasteiger partial charge >= 0.3 is 7.82 Å². The quantitative estimate of drug-likeness (QED) is 0.0245. The Labute approximate surface area is 342 Å². The van der Waals surface area contributed by atoms with Crippen LogP contribution in [0.4, 0.5) is 0 Å².